The molecule has 1 aromatic carbocycles. The Morgan fingerprint density at radius 3 is 2.69 bits per heavy atom. The summed E-state index contributed by atoms with van der Waals surface area (Å²) in [7, 11) is 0. The summed E-state index contributed by atoms with van der Waals surface area (Å²) in [6, 6.07) is 3.79. The van der Waals surface area contributed by atoms with Crippen LogP contribution in [-0.2, 0) is 4.74 Å². The van der Waals surface area contributed by atoms with Gasteiger partial charge in [0, 0.05) is 5.56 Å². The van der Waals surface area contributed by atoms with Crippen LogP contribution in [0.3, 0.4) is 0 Å². The lowest BCUT2D eigenvalue weighted by molar-refractivity contribution is 0.0741. The molecule has 13 heavy (non-hydrogen) atoms. The van der Waals surface area contributed by atoms with Gasteiger partial charge in [-0.1, -0.05) is 6.07 Å². The lowest BCUT2D eigenvalue weighted by Crippen LogP contribution is -1.98. The molecule has 0 radical (unpaired) electrons. The predicted octanol–water partition coefficient (Wildman–Crippen LogP) is 2.15. The van der Waals surface area contributed by atoms with E-state index in [2.05, 4.69) is 0 Å². The first-order chi connectivity index (χ1) is 6.11. The van der Waals surface area contributed by atoms with E-state index in [1.807, 2.05) is 26.0 Å². The van der Waals surface area contributed by atoms with Gasteiger partial charge in [0.2, 0.25) is 5.05 Å². The summed E-state index contributed by atoms with van der Waals surface area (Å²) in [4.78, 5) is 11.3. The average molecular weight is 192 g/mol. The minimum absolute atomic E-state index is 0.295. The fraction of sp³-hybridized carbons (Fsp3) is 0.200. The van der Waals surface area contributed by atoms with Crippen molar-refractivity contribution in [3.8, 4) is 0 Å². The molecule has 66 valence electrons. The average Bonchev–Trinajstić information content (AvgIpc) is 2.35. The molecule has 0 fully saturated rings. The molecule has 0 spiro atoms. The quantitative estimate of drug-likeness (QED) is 0.465. The highest BCUT2D eigenvalue weighted by atomic mass is 32.1. The van der Waals surface area contributed by atoms with Crippen molar-refractivity contribution >= 4 is 23.2 Å². The second-order valence-electron chi connectivity index (χ2n) is 3.11. The summed E-state index contributed by atoms with van der Waals surface area (Å²) in [6.07, 6.45) is 0. The lowest BCUT2D eigenvalue weighted by Gasteiger charge is -2.02. The van der Waals surface area contributed by atoms with E-state index < -0.39 is 0 Å². The van der Waals surface area contributed by atoms with Crippen molar-refractivity contribution in [3.63, 3.8) is 0 Å². The standard InChI is InChI=1S/C10H8O2S/c1-5-3-4-7-8(6(5)2)9(11)12-10(7)13/h3-4H,1-2H3. The van der Waals surface area contributed by atoms with Gasteiger partial charge in [0.1, 0.15) is 0 Å². The molecule has 0 unspecified atom stereocenters. The topological polar surface area (TPSA) is 26.3 Å². The first kappa shape index (κ1) is 8.38. The summed E-state index contributed by atoms with van der Waals surface area (Å²) >= 11 is 4.91. The molecule has 0 aliphatic carbocycles. The van der Waals surface area contributed by atoms with Gasteiger partial charge in [-0.15, -0.1) is 0 Å². The molecular weight excluding hydrogens is 184 g/mol. The van der Waals surface area contributed by atoms with Gasteiger partial charge < -0.3 is 4.74 Å². The van der Waals surface area contributed by atoms with Gasteiger partial charge in [-0.2, -0.15) is 0 Å². The van der Waals surface area contributed by atoms with E-state index in [0.717, 1.165) is 16.7 Å². The number of thiocarbonyl (C=S) groups is 1. The van der Waals surface area contributed by atoms with E-state index in [9.17, 15) is 4.79 Å². The first-order valence-corrected chi connectivity index (χ1v) is 4.39. The third kappa shape index (κ3) is 1.08. The number of carbonyl (C=O) groups is 1. The van der Waals surface area contributed by atoms with Gasteiger partial charge in [-0.05, 0) is 43.3 Å². The third-order valence-corrected chi connectivity index (χ3v) is 2.65. The molecule has 0 aromatic heterocycles. The van der Waals surface area contributed by atoms with Crippen LogP contribution in [0.2, 0.25) is 0 Å². The summed E-state index contributed by atoms with van der Waals surface area (Å²) < 4.78 is 4.86. The van der Waals surface area contributed by atoms with Crippen LogP contribution in [0.5, 0.6) is 0 Å². The number of carbonyl (C=O) groups excluding carboxylic acids is 1. The number of benzene rings is 1. The van der Waals surface area contributed by atoms with Crippen molar-refractivity contribution in [2.24, 2.45) is 0 Å². The number of aryl methyl sites for hydroxylation is 1. The van der Waals surface area contributed by atoms with E-state index >= 15 is 0 Å². The Labute approximate surface area is 81.5 Å². The maximum Gasteiger partial charge on any atom is 0.345 e. The maximum atomic E-state index is 11.3. The number of ether oxygens (including phenoxy) is 1. The second kappa shape index (κ2) is 2.64. The lowest BCUT2D eigenvalue weighted by atomic mass is 10.00. The minimum Gasteiger partial charge on any atom is -0.410 e. The number of cyclic esters (lactones) is 1. The van der Waals surface area contributed by atoms with E-state index in [1.165, 1.54) is 0 Å². The van der Waals surface area contributed by atoms with E-state index in [1.54, 1.807) is 0 Å². The van der Waals surface area contributed by atoms with Crippen molar-refractivity contribution in [1.29, 1.82) is 0 Å². The number of hydrogen-bond acceptors (Lipinski definition) is 3. The molecule has 3 heteroatoms. The third-order valence-electron chi connectivity index (χ3n) is 2.35. The summed E-state index contributed by atoms with van der Waals surface area (Å²) in [5, 5.41) is 0.295. The molecule has 1 heterocycles. The van der Waals surface area contributed by atoms with Gasteiger partial charge in [-0.3, -0.25) is 0 Å². The SMILES string of the molecule is Cc1ccc2c(c1C)C(=O)OC2=S. The van der Waals surface area contributed by atoms with Gasteiger partial charge in [0.25, 0.3) is 0 Å². The molecule has 0 saturated carbocycles. The van der Waals surface area contributed by atoms with Crippen LogP contribution in [0.1, 0.15) is 27.0 Å². The maximum absolute atomic E-state index is 11.3. The van der Waals surface area contributed by atoms with Crippen molar-refractivity contribution in [2.45, 2.75) is 13.8 Å². The summed E-state index contributed by atoms with van der Waals surface area (Å²) in [5.74, 6) is -0.318. The second-order valence-corrected chi connectivity index (χ2v) is 3.48. The normalized spacial score (nSPS) is 14.3. The molecule has 0 atom stereocenters. The minimum atomic E-state index is -0.318. The Morgan fingerprint density at radius 2 is 2.00 bits per heavy atom. The smallest absolute Gasteiger partial charge is 0.345 e. The van der Waals surface area contributed by atoms with Crippen LogP contribution in [0.4, 0.5) is 0 Å². The van der Waals surface area contributed by atoms with Gasteiger partial charge >= 0.3 is 5.97 Å². The monoisotopic (exact) mass is 192 g/mol. The molecule has 2 rings (SSSR count). The van der Waals surface area contributed by atoms with Crippen molar-refractivity contribution in [1.82, 2.24) is 0 Å². The van der Waals surface area contributed by atoms with Crippen LogP contribution in [0, 0.1) is 13.8 Å². The van der Waals surface area contributed by atoms with E-state index in [0.29, 0.717) is 10.6 Å². The van der Waals surface area contributed by atoms with Gasteiger partial charge in [0.15, 0.2) is 0 Å². The van der Waals surface area contributed by atoms with Crippen LogP contribution in [0.15, 0.2) is 12.1 Å². The number of hydrogen-bond donors (Lipinski definition) is 0. The van der Waals surface area contributed by atoms with E-state index in [4.69, 9.17) is 17.0 Å². The molecular formula is C10H8O2S. The Kier molecular flexibility index (Phi) is 1.70. The Morgan fingerprint density at radius 1 is 1.31 bits per heavy atom. The zero-order valence-electron chi connectivity index (χ0n) is 7.38. The van der Waals surface area contributed by atoms with Crippen LogP contribution in [-0.4, -0.2) is 11.0 Å². The van der Waals surface area contributed by atoms with E-state index in [-0.39, 0.29) is 5.97 Å². The highest BCUT2D eigenvalue weighted by Crippen LogP contribution is 2.25. The predicted molar refractivity (Wildman–Crippen MR) is 53.0 cm³/mol. The zero-order valence-corrected chi connectivity index (χ0v) is 8.20. The van der Waals surface area contributed by atoms with Crippen molar-refractivity contribution in [2.75, 3.05) is 0 Å². The van der Waals surface area contributed by atoms with Crippen molar-refractivity contribution in [3.05, 3.63) is 34.4 Å². The molecule has 0 saturated heterocycles. The highest BCUT2D eigenvalue weighted by molar-refractivity contribution is 7.80. The van der Waals surface area contributed by atoms with Gasteiger partial charge in [0.05, 0.1) is 5.56 Å². The van der Waals surface area contributed by atoms with Crippen LogP contribution in [0.25, 0.3) is 0 Å². The van der Waals surface area contributed by atoms with Crippen molar-refractivity contribution < 1.29 is 9.53 Å². The molecule has 1 aromatic rings. The van der Waals surface area contributed by atoms with Crippen LogP contribution < -0.4 is 0 Å². The Bertz CT molecular complexity index is 421. The fourth-order valence-corrected chi connectivity index (χ4v) is 1.68. The number of esters is 1. The van der Waals surface area contributed by atoms with Crippen LogP contribution >= 0.6 is 12.2 Å². The molecule has 1 aliphatic rings. The largest absolute Gasteiger partial charge is 0.410 e. The highest BCUT2D eigenvalue weighted by Gasteiger charge is 2.28. The molecule has 2 nitrogen and oxygen atoms in total. The summed E-state index contributed by atoms with van der Waals surface area (Å²) in [5.41, 5.74) is 3.43. The number of rotatable bonds is 0. The molecule has 0 N–H and O–H groups in total. The van der Waals surface area contributed by atoms with Gasteiger partial charge in [-0.25, -0.2) is 4.79 Å². The zero-order chi connectivity index (χ0) is 9.59. The Balaban J connectivity index is 2.78. The summed E-state index contributed by atoms with van der Waals surface area (Å²) in [6.45, 7) is 3.87. The molecule has 1 aliphatic heterocycles. The molecule has 0 bridgehead atoms. The number of fused-ring (bicyclic) bond motifs is 1. The first-order valence-electron chi connectivity index (χ1n) is 3.98. The molecule has 0 amide bonds. The Hall–Kier alpha value is -1.22. The fourth-order valence-electron chi connectivity index (χ4n) is 1.44.